The summed E-state index contributed by atoms with van der Waals surface area (Å²) in [5, 5.41) is 30.6. The van der Waals surface area contributed by atoms with Gasteiger partial charge in [-0.15, -0.1) is 0 Å². The van der Waals surface area contributed by atoms with Crippen molar-refractivity contribution in [2.24, 2.45) is 17.8 Å². The zero-order valence-electron chi connectivity index (χ0n) is 18.8. The van der Waals surface area contributed by atoms with E-state index in [0.29, 0.717) is 24.3 Å². The van der Waals surface area contributed by atoms with Gasteiger partial charge in [-0.25, -0.2) is 0 Å². The number of rotatable bonds is 6. The number of phenols is 1. The molecule has 2 amide bonds. The monoisotopic (exact) mass is 473 g/mol. The molecule has 0 unspecified atom stereocenters. The Balaban J connectivity index is 1.60. The lowest BCUT2D eigenvalue weighted by Gasteiger charge is -2.43. The average Bonchev–Trinajstić information content (AvgIpc) is 3.00. The summed E-state index contributed by atoms with van der Waals surface area (Å²) in [6.07, 6.45) is 4.15. The third-order valence-electron chi connectivity index (χ3n) is 7.24. The summed E-state index contributed by atoms with van der Waals surface area (Å²) >= 11 is 6.26. The van der Waals surface area contributed by atoms with Crippen LogP contribution in [0.15, 0.2) is 34.9 Å². The molecule has 0 spiro atoms. The Morgan fingerprint density at radius 3 is 2.73 bits per heavy atom. The van der Waals surface area contributed by atoms with Gasteiger partial charge in [-0.3, -0.25) is 14.5 Å². The third-order valence-corrected chi connectivity index (χ3v) is 7.57. The summed E-state index contributed by atoms with van der Waals surface area (Å²) in [4.78, 5) is 26.6. The lowest BCUT2D eigenvalue weighted by Crippen LogP contribution is -2.46. The zero-order valence-corrected chi connectivity index (χ0v) is 19.6. The molecule has 0 bridgehead atoms. The quantitative estimate of drug-likeness (QED) is 0.333. The van der Waals surface area contributed by atoms with Crippen LogP contribution in [0.3, 0.4) is 0 Å². The number of fused-ring (bicyclic) bond motifs is 3. The third kappa shape index (κ3) is 4.49. The molecule has 4 atom stereocenters. The number of imide groups is 1. The van der Waals surface area contributed by atoms with Crippen molar-refractivity contribution in [2.45, 2.75) is 45.0 Å². The molecule has 1 aliphatic carbocycles. The van der Waals surface area contributed by atoms with Crippen LogP contribution in [0.2, 0.25) is 11.3 Å². The second kappa shape index (κ2) is 9.62. The number of carbonyl (C=O) groups excluding carboxylic acids is 2. The van der Waals surface area contributed by atoms with Gasteiger partial charge in [-0.1, -0.05) is 30.2 Å². The van der Waals surface area contributed by atoms with Crippen LogP contribution in [-0.2, 0) is 14.2 Å². The number of benzene rings is 1. The predicted molar refractivity (Wildman–Crippen MR) is 125 cm³/mol. The minimum atomic E-state index is -1.03. The summed E-state index contributed by atoms with van der Waals surface area (Å²) in [6.45, 7) is 1.84. The molecule has 4 rings (SSSR count). The van der Waals surface area contributed by atoms with Gasteiger partial charge in [0.05, 0.1) is 29.6 Å². The molecule has 1 aromatic carbocycles. The van der Waals surface area contributed by atoms with Crippen LogP contribution in [0.1, 0.15) is 38.2 Å². The first-order valence-corrected chi connectivity index (χ1v) is 11.8. The van der Waals surface area contributed by atoms with Crippen LogP contribution in [0, 0.1) is 17.8 Å². The van der Waals surface area contributed by atoms with Gasteiger partial charge >= 0.3 is 7.12 Å². The number of phenolic OH excluding ortho intramolecular Hbond substituents is 1. The van der Waals surface area contributed by atoms with Crippen LogP contribution < -0.4 is 0 Å². The van der Waals surface area contributed by atoms with Crippen molar-refractivity contribution in [3.63, 3.8) is 0 Å². The number of hydrogen-bond acceptors (Lipinski definition) is 6. The highest BCUT2D eigenvalue weighted by Gasteiger charge is 2.56. The highest BCUT2D eigenvalue weighted by Crippen LogP contribution is 2.50. The first-order chi connectivity index (χ1) is 15.7. The van der Waals surface area contributed by atoms with Gasteiger partial charge < -0.3 is 19.9 Å². The Morgan fingerprint density at radius 1 is 1.30 bits per heavy atom. The van der Waals surface area contributed by atoms with Crippen LogP contribution in [0.5, 0.6) is 5.75 Å². The molecule has 2 fully saturated rings. The maximum atomic E-state index is 12.8. The lowest BCUT2D eigenvalue weighted by atomic mass is 9.58. The number of aliphatic hydroxyl groups excluding tert-OH is 1. The van der Waals surface area contributed by atoms with E-state index in [0.717, 1.165) is 28.7 Å². The van der Waals surface area contributed by atoms with Gasteiger partial charge in [0.15, 0.2) is 0 Å². The van der Waals surface area contributed by atoms with E-state index in [4.69, 9.17) is 16.3 Å². The molecule has 176 valence electrons. The molecule has 2 aliphatic heterocycles. The molecular weight excluding hydrogens is 445 g/mol. The zero-order chi connectivity index (χ0) is 23.9. The molecule has 33 heavy (non-hydrogen) atoms. The van der Waals surface area contributed by atoms with Gasteiger partial charge in [0.2, 0.25) is 11.8 Å². The van der Waals surface area contributed by atoms with E-state index in [2.05, 4.69) is 0 Å². The number of hydrogen-bond donors (Lipinski definition) is 3. The standard InChI is InChI=1S/C24H29BClNO6/c1-3-13(8-14-5-6-16(29)10-19(14)26)4-7-20-21-15(12-28)9-17-22(18(21)11-25(32)33-20)24(31)27(2)23(17)30/h5-6,8,10,17-18,20,22,28-29,32H,3-4,7,9,11-12H2,1-2H3/b13-8+/t17-,18+,20-,22-/m1/s1. The van der Waals surface area contributed by atoms with Crippen LogP contribution in [0.25, 0.3) is 6.08 Å². The number of amides is 2. The van der Waals surface area contributed by atoms with Crippen molar-refractivity contribution in [2.75, 3.05) is 13.7 Å². The molecule has 0 saturated carbocycles. The Morgan fingerprint density at radius 2 is 2.06 bits per heavy atom. The van der Waals surface area contributed by atoms with Crippen LogP contribution >= 0.6 is 11.6 Å². The van der Waals surface area contributed by atoms with Crippen molar-refractivity contribution < 1.29 is 29.5 Å². The normalized spacial score (nSPS) is 27.8. The van der Waals surface area contributed by atoms with Gasteiger partial charge in [0.1, 0.15) is 5.75 Å². The van der Waals surface area contributed by atoms with E-state index < -0.39 is 25.1 Å². The lowest BCUT2D eigenvalue weighted by molar-refractivity contribution is -0.138. The van der Waals surface area contributed by atoms with E-state index >= 15 is 0 Å². The van der Waals surface area contributed by atoms with E-state index in [1.165, 1.54) is 18.0 Å². The van der Waals surface area contributed by atoms with E-state index in [1.54, 1.807) is 12.1 Å². The van der Waals surface area contributed by atoms with E-state index in [1.807, 2.05) is 13.0 Å². The molecule has 3 N–H and O–H groups in total. The second-order valence-corrected chi connectivity index (χ2v) is 9.52. The maximum absolute atomic E-state index is 12.8. The number of carbonyl (C=O) groups is 2. The van der Waals surface area contributed by atoms with Gasteiger partial charge in [0.25, 0.3) is 0 Å². The Bertz CT molecular complexity index is 1020. The van der Waals surface area contributed by atoms with Crippen molar-refractivity contribution in [3.8, 4) is 5.75 Å². The van der Waals surface area contributed by atoms with Gasteiger partial charge in [0, 0.05) is 7.05 Å². The SMILES string of the molecule is CC/C(=C\c1ccc(O)cc1Cl)CC[C@H]1OB(O)C[C@H]2C1=C(CO)C[C@H]1C(=O)N(C)C(=O)[C@H]12. The average molecular weight is 474 g/mol. The Kier molecular flexibility index (Phi) is 7.00. The van der Waals surface area contributed by atoms with Gasteiger partial charge in [-0.2, -0.15) is 0 Å². The van der Waals surface area contributed by atoms with Crippen LogP contribution in [0.4, 0.5) is 0 Å². The maximum Gasteiger partial charge on any atom is 0.455 e. The van der Waals surface area contributed by atoms with Crippen molar-refractivity contribution in [3.05, 3.63) is 45.5 Å². The topological polar surface area (TPSA) is 107 Å². The Labute approximate surface area is 198 Å². The molecule has 0 radical (unpaired) electrons. The molecular formula is C24H29BClNO6. The summed E-state index contributed by atoms with van der Waals surface area (Å²) in [7, 11) is 0.471. The van der Waals surface area contributed by atoms with Crippen molar-refractivity contribution in [1.82, 2.24) is 4.90 Å². The largest absolute Gasteiger partial charge is 0.508 e. The number of allylic oxidation sites excluding steroid dienone is 1. The van der Waals surface area contributed by atoms with Crippen molar-refractivity contribution in [1.29, 1.82) is 0 Å². The first kappa shape index (κ1) is 24.0. The van der Waals surface area contributed by atoms with Crippen molar-refractivity contribution >= 4 is 36.6 Å². The fourth-order valence-corrected chi connectivity index (χ4v) is 5.82. The summed E-state index contributed by atoms with van der Waals surface area (Å²) < 4.78 is 5.90. The number of likely N-dealkylation sites (tertiary alicyclic amines) is 1. The fraction of sp³-hybridized carbons (Fsp3) is 0.500. The minimum Gasteiger partial charge on any atom is -0.508 e. The number of aromatic hydroxyl groups is 1. The number of aliphatic hydroxyl groups is 1. The second-order valence-electron chi connectivity index (χ2n) is 9.11. The summed E-state index contributed by atoms with van der Waals surface area (Å²) in [5.41, 5.74) is 3.55. The van der Waals surface area contributed by atoms with Gasteiger partial charge in [-0.05, 0) is 72.8 Å². The molecule has 9 heteroatoms. The molecule has 2 heterocycles. The Hall–Kier alpha value is -2.13. The highest BCUT2D eigenvalue weighted by molar-refractivity contribution is 6.43. The number of nitrogens with zero attached hydrogens (tertiary/aromatic N) is 1. The smallest absolute Gasteiger partial charge is 0.455 e. The molecule has 7 nitrogen and oxygen atoms in total. The number of halogens is 1. The molecule has 1 aromatic rings. The minimum absolute atomic E-state index is 0.107. The molecule has 0 aromatic heterocycles. The summed E-state index contributed by atoms with van der Waals surface area (Å²) in [5.74, 6) is -1.63. The van der Waals surface area contributed by atoms with Crippen LogP contribution in [-0.4, -0.2) is 58.8 Å². The van der Waals surface area contributed by atoms with E-state index in [9.17, 15) is 24.8 Å². The highest BCUT2D eigenvalue weighted by atomic mass is 35.5. The predicted octanol–water partition coefficient (Wildman–Crippen LogP) is 3.04. The summed E-state index contributed by atoms with van der Waals surface area (Å²) in [6, 6.07) is 4.85. The molecule has 2 saturated heterocycles. The first-order valence-electron chi connectivity index (χ1n) is 11.4. The molecule has 3 aliphatic rings. The fourth-order valence-electron chi connectivity index (χ4n) is 5.59. The van der Waals surface area contributed by atoms with E-state index in [-0.39, 0.29) is 36.4 Å².